The predicted molar refractivity (Wildman–Crippen MR) is 214 cm³/mol. The highest BCUT2D eigenvalue weighted by Gasteiger charge is 2.33. The molecule has 2 aliphatic carbocycles. The van der Waals surface area contributed by atoms with E-state index in [1.165, 1.54) is 51.4 Å². The third-order valence-corrected chi connectivity index (χ3v) is 13.6. The van der Waals surface area contributed by atoms with Crippen LogP contribution in [0.15, 0.2) is 46.4 Å². The van der Waals surface area contributed by atoms with Gasteiger partial charge in [0.2, 0.25) is 0 Å². The molecular formula is C38H46Cl2N6O2S2. The van der Waals surface area contributed by atoms with Gasteiger partial charge in [-0.1, -0.05) is 48.9 Å². The number of anilines is 2. The Hall–Kier alpha value is -2.34. The number of nitrogens with zero attached hydrogens (tertiary/aromatic N) is 2. The topological polar surface area (TPSA) is 121 Å². The van der Waals surface area contributed by atoms with E-state index in [2.05, 4.69) is 32.7 Å². The number of halogens is 2. The summed E-state index contributed by atoms with van der Waals surface area (Å²) in [6.45, 7) is 0.0262. The molecule has 50 heavy (non-hydrogen) atoms. The minimum absolute atomic E-state index is 0.0262. The fourth-order valence-corrected chi connectivity index (χ4v) is 10.9. The third-order valence-electron chi connectivity index (χ3n) is 10.9. The summed E-state index contributed by atoms with van der Waals surface area (Å²) < 4.78 is 0. The highest BCUT2D eigenvalue weighted by molar-refractivity contribution is 8.15. The summed E-state index contributed by atoms with van der Waals surface area (Å²) in [5.74, 6) is 1.55. The fourth-order valence-electron chi connectivity index (χ4n) is 8.29. The van der Waals surface area contributed by atoms with Gasteiger partial charge in [-0.2, -0.15) is 0 Å². The van der Waals surface area contributed by atoms with Crippen LogP contribution in [-0.4, -0.2) is 78.7 Å². The first-order valence-corrected chi connectivity index (χ1v) is 21.0. The Bertz CT molecular complexity index is 1900. The second-order valence-corrected chi connectivity index (χ2v) is 17.4. The van der Waals surface area contributed by atoms with Gasteiger partial charge in [-0.15, -0.1) is 23.5 Å². The van der Waals surface area contributed by atoms with Gasteiger partial charge in [-0.25, -0.2) is 0 Å². The standard InChI is InChI=1S/C38H46Cl2N6O2S2/c39-23-13-21-15-31(44-35(21)29(17-23)41-25-5-1-2-6-25)37-43-27(19-49-37)9-10-34(48)28(11-12-47)33-20-50-38(46-33)32-16-22-14-24(40)18-30(36(22)45-32)42-26-7-3-4-8-26/h13-18,25-28,33-34,41-42,44-45,47-48H,1-12,19-20H2/t27-,28?,33+,34?/m1/s1. The average molecular weight is 754 g/mol. The van der Waals surface area contributed by atoms with Crippen LogP contribution in [0.3, 0.4) is 0 Å². The van der Waals surface area contributed by atoms with Crippen molar-refractivity contribution in [1.82, 2.24) is 9.97 Å². The quantitative estimate of drug-likeness (QED) is 0.0810. The zero-order valence-electron chi connectivity index (χ0n) is 28.2. The maximum Gasteiger partial charge on any atom is 0.114 e. The molecule has 4 aliphatic rings. The summed E-state index contributed by atoms with van der Waals surface area (Å²) in [5, 5.41) is 34.5. The van der Waals surface area contributed by atoms with Gasteiger partial charge < -0.3 is 30.8 Å². The van der Waals surface area contributed by atoms with Crippen molar-refractivity contribution < 1.29 is 10.2 Å². The number of benzene rings is 2. The van der Waals surface area contributed by atoms with Gasteiger partial charge in [0.1, 0.15) is 10.1 Å². The molecule has 8 nitrogen and oxygen atoms in total. The smallest absolute Gasteiger partial charge is 0.114 e. The van der Waals surface area contributed by atoms with Crippen molar-refractivity contribution in [3.63, 3.8) is 0 Å². The first-order chi connectivity index (χ1) is 24.4. The van der Waals surface area contributed by atoms with Gasteiger partial charge in [-0.3, -0.25) is 9.98 Å². The molecule has 12 heteroatoms. The molecule has 266 valence electrons. The van der Waals surface area contributed by atoms with Gasteiger partial charge in [-0.05, 0) is 81.3 Å². The van der Waals surface area contributed by atoms with Gasteiger partial charge in [0.25, 0.3) is 0 Å². The van der Waals surface area contributed by atoms with E-state index in [9.17, 15) is 10.2 Å². The van der Waals surface area contributed by atoms with Crippen LogP contribution < -0.4 is 10.6 Å². The van der Waals surface area contributed by atoms with E-state index in [1.807, 2.05) is 24.3 Å². The maximum atomic E-state index is 11.5. The lowest BCUT2D eigenvalue weighted by Crippen LogP contribution is -2.32. The number of hydrogen-bond acceptors (Lipinski definition) is 8. The van der Waals surface area contributed by atoms with Crippen molar-refractivity contribution in [1.29, 1.82) is 0 Å². The number of fused-ring (bicyclic) bond motifs is 2. The van der Waals surface area contributed by atoms with E-state index >= 15 is 0 Å². The van der Waals surface area contributed by atoms with Gasteiger partial charge >= 0.3 is 0 Å². The van der Waals surface area contributed by atoms with Crippen molar-refractivity contribution in [3.8, 4) is 0 Å². The molecule has 0 spiro atoms. The van der Waals surface area contributed by atoms with E-state index in [1.54, 1.807) is 23.5 Å². The minimum atomic E-state index is -0.566. The van der Waals surface area contributed by atoms with E-state index < -0.39 is 6.10 Å². The molecule has 8 rings (SSSR count). The third kappa shape index (κ3) is 7.57. The lowest BCUT2D eigenvalue weighted by molar-refractivity contribution is 0.0696. The van der Waals surface area contributed by atoms with Crippen LogP contribution in [0.2, 0.25) is 10.0 Å². The first-order valence-electron chi connectivity index (χ1n) is 18.3. The predicted octanol–water partition coefficient (Wildman–Crippen LogP) is 9.23. The lowest BCUT2D eigenvalue weighted by atomic mass is 9.88. The van der Waals surface area contributed by atoms with Crippen LogP contribution >= 0.6 is 46.7 Å². The molecule has 4 heterocycles. The number of hydrogen-bond donors (Lipinski definition) is 6. The molecule has 4 aromatic rings. The van der Waals surface area contributed by atoms with Crippen LogP contribution in [0.1, 0.15) is 82.0 Å². The second kappa shape index (κ2) is 15.3. The summed E-state index contributed by atoms with van der Waals surface area (Å²) in [5.41, 5.74) is 6.25. The summed E-state index contributed by atoms with van der Waals surface area (Å²) in [4.78, 5) is 17.5. The first kappa shape index (κ1) is 34.7. The number of thioether (sulfide) groups is 2. The Morgan fingerprint density at radius 1 is 0.740 bits per heavy atom. The number of aromatic amines is 2. The lowest BCUT2D eigenvalue weighted by Gasteiger charge is -2.26. The normalized spacial score (nSPS) is 22.9. The molecule has 0 amide bonds. The molecule has 2 saturated carbocycles. The number of rotatable bonds is 13. The highest BCUT2D eigenvalue weighted by atomic mass is 35.5. The van der Waals surface area contributed by atoms with Crippen LogP contribution in [0.5, 0.6) is 0 Å². The molecule has 2 aliphatic heterocycles. The summed E-state index contributed by atoms with van der Waals surface area (Å²) in [6, 6.07) is 13.4. The Kier molecular flexibility index (Phi) is 10.6. The SMILES string of the molecule is OCCC(C(O)CC[C@@H]1CSC(c2cc3cc(Cl)cc(NC4CCCC4)c3[nH]2)=N1)[C@@H]1CSC(c2cc3cc(Cl)cc(NC4CCCC4)c3[nH]2)=N1. The zero-order chi connectivity index (χ0) is 34.2. The number of aromatic nitrogens is 2. The molecule has 2 unspecified atom stereocenters. The van der Waals surface area contributed by atoms with E-state index in [0.29, 0.717) is 24.9 Å². The van der Waals surface area contributed by atoms with Crippen molar-refractivity contribution in [2.75, 3.05) is 28.7 Å². The van der Waals surface area contributed by atoms with Crippen LogP contribution in [0, 0.1) is 5.92 Å². The molecule has 2 aromatic carbocycles. The van der Waals surface area contributed by atoms with E-state index in [0.717, 1.165) is 82.6 Å². The minimum Gasteiger partial charge on any atom is -0.396 e. The molecule has 0 bridgehead atoms. The van der Waals surface area contributed by atoms with Crippen LogP contribution in [0.25, 0.3) is 21.8 Å². The summed E-state index contributed by atoms with van der Waals surface area (Å²) in [6.07, 6.45) is 11.2. The Morgan fingerprint density at radius 2 is 1.28 bits per heavy atom. The van der Waals surface area contributed by atoms with Gasteiger partial charge in [0.05, 0.1) is 52.0 Å². The molecule has 0 radical (unpaired) electrons. The largest absolute Gasteiger partial charge is 0.396 e. The second-order valence-electron chi connectivity index (χ2n) is 14.5. The van der Waals surface area contributed by atoms with Crippen molar-refractivity contribution >= 4 is 90.0 Å². The molecule has 4 atom stereocenters. The molecule has 0 saturated heterocycles. The number of nitrogens with one attached hydrogen (secondary N) is 4. The molecule has 2 aromatic heterocycles. The maximum absolute atomic E-state index is 11.5. The molecule has 2 fully saturated rings. The number of aliphatic hydroxyl groups excluding tert-OH is 2. The summed E-state index contributed by atoms with van der Waals surface area (Å²) >= 11 is 16.5. The Balaban J connectivity index is 0.925. The zero-order valence-corrected chi connectivity index (χ0v) is 31.3. The number of aliphatic hydroxyl groups is 2. The average Bonchev–Trinajstić information content (AvgIpc) is 3.94. The van der Waals surface area contributed by atoms with E-state index in [-0.39, 0.29) is 24.6 Å². The van der Waals surface area contributed by atoms with Crippen LogP contribution in [-0.2, 0) is 0 Å². The molecule has 6 N–H and O–H groups in total. The van der Waals surface area contributed by atoms with Gasteiger partial charge in [0.15, 0.2) is 0 Å². The van der Waals surface area contributed by atoms with Crippen molar-refractivity contribution in [2.24, 2.45) is 15.9 Å². The van der Waals surface area contributed by atoms with Crippen molar-refractivity contribution in [2.45, 2.75) is 101 Å². The monoisotopic (exact) mass is 752 g/mol. The number of aliphatic imine (C=N–C) groups is 2. The molecular weight excluding hydrogens is 707 g/mol. The van der Waals surface area contributed by atoms with Crippen molar-refractivity contribution in [3.05, 3.63) is 57.8 Å². The Labute approximate surface area is 312 Å². The van der Waals surface area contributed by atoms with Gasteiger partial charge in [0, 0.05) is 56.9 Å². The van der Waals surface area contributed by atoms with E-state index in [4.69, 9.17) is 33.2 Å². The Morgan fingerprint density at radius 3 is 1.84 bits per heavy atom. The summed E-state index contributed by atoms with van der Waals surface area (Å²) in [7, 11) is 0. The fraction of sp³-hybridized carbons (Fsp3) is 0.526. The highest BCUT2D eigenvalue weighted by Crippen LogP contribution is 2.37. The van der Waals surface area contributed by atoms with Crippen LogP contribution in [0.4, 0.5) is 11.4 Å². The number of H-pyrrole nitrogens is 2.